The first kappa shape index (κ1) is 21.2. The summed E-state index contributed by atoms with van der Waals surface area (Å²) in [6.07, 6.45) is 0.753. The Kier molecular flexibility index (Phi) is 7.19. The van der Waals surface area contributed by atoms with Gasteiger partial charge in [0.05, 0.1) is 24.5 Å². The average molecular weight is 409 g/mol. The minimum Gasteiger partial charge on any atom is -0.469 e. The fourth-order valence-electron chi connectivity index (χ4n) is 3.34. The van der Waals surface area contributed by atoms with Crippen LogP contribution in [0.25, 0.3) is 0 Å². The lowest BCUT2D eigenvalue weighted by molar-refractivity contribution is -0.137. The highest BCUT2D eigenvalue weighted by molar-refractivity contribution is 5.80. The second-order valence-electron chi connectivity index (χ2n) is 7.27. The van der Waals surface area contributed by atoms with Gasteiger partial charge in [-0.15, -0.1) is 0 Å². The van der Waals surface area contributed by atoms with Crippen molar-refractivity contribution in [2.24, 2.45) is 4.99 Å². The number of rotatable bonds is 6. The minimum atomic E-state index is -4.37. The summed E-state index contributed by atoms with van der Waals surface area (Å²) in [7, 11) is 0. The third-order valence-electron chi connectivity index (χ3n) is 4.96. The summed E-state index contributed by atoms with van der Waals surface area (Å²) in [6, 6.07) is 9.10. The van der Waals surface area contributed by atoms with Gasteiger partial charge in [-0.1, -0.05) is 12.1 Å². The number of halogens is 3. The van der Waals surface area contributed by atoms with E-state index < -0.39 is 11.7 Å². The molecule has 1 aromatic heterocycles. The molecule has 5 nitrogen and oxygen atoms in total. The summed E-state index contributed by atoms with van der Waals surface area (Å²) < 4.78 is 44.1. The normalized spacial score (nSPS) is 20.5. The number of hydrogen-bond donors (Lipinski definition) is 3. The standard InChI is InChI=1S/C21H26F3N3O2/c22-21(23,24)16-4-1-3-15(13-16)14-26-20(25-11-10-19-5-2-12-29-19)27-17-6-8-18(28)9-7-17/h1-5,12-13,17-18,28H,6-11,14H2,(H2,25,26,27). The predicted octanol–water partition coefficient (Wildman–Crippen LogP) is 3.88. The summed E-state index contributed by atoms with van der Waals surface area (Å²) in [5.74, 6) is 1.39. The van der Waals surface area contributed by atoms with E-state index in [1.54, 1.807) is 12.3 Å². The van der Waals surface area contributed by atoms with E-state index >= 15 is 0 Å². The Bertz CT molecular complexity index is 783. The molecule has 0 unspecified atom stereocenters. The maximum atomic E-state index is 12.9. The number of furan rings is 1. The molecule has 3 rings (SSSR count). The maximum absolute atomic E-state index is 12.9. The molecule has 0 bridgehead atoms. The Morgan fingerprint density at radius 3 is 2.62 bits per heavy atom. The molecule has 1 aliphatic carbocycles. The molecule has 0 amide bonds. The molecule has 29 heavy (non-hydrogen) atoms. The van der Waals surface area contributed by atoms with Gasteiger partial charge in [-0.3, -0.25) is 0 Å². The number of guanidine groups is 1. The van der Waals surface area contributed by atoms with Crippen molar-refractivity contribution in [3.05, 3.63) is 59.5 Å². The smallest absolute Gasteiger partial charge is 0.416 e. The van der Waals surface area contributed by atoms with Crippen LogP contribution in [0.5, 0.6) is 0 Å². The van der Waals surface area contributed by atoms with Crippen LogP contribution in [-0.2, 0) is 19.1 Å². The molecular weight excluding hydrogens is 383 g/mol. The van der Waals surface area contributed by atoms with Crippen molar-refractivity contribution in [1.82, 2.24) is 10.6 Å². The first-order valence-electron chi connectivity index (χ1n) is 9.81. The van der Waals surface area contributed by atoms with Gasteiger partial charge in [0.15, 0.2) is 5.96 Å². The van der Waals surface area contributed by atoms with Gasteiger partial charge in [0, 0.05) is 19.0 Å². The van der Waals surface area contributed by atoms with Gasteiger partial charge in [0.1, 0.15) is 5.76 Å². The Balaban J connectivity index is 1.64. The second kappa shape index (κ2) is 9.82. The molecule has 0 atom stereocenters. The van der Waals surface area contributed by atoms with E-state index in [4.69, 9.17) is 4.42 Å². The van der Waals surface area contributed by atoms with Crippen LogP contribution in [0.1, 0.15) is 42.6 Å². The Morgan fingerprint density at radius 1 is 1.14 bits per heavy atom. The van der Waals surface area contributed by atoms with Crippen LogP contribution in [0, 0.1) is 0 Å². The zero-order valence-electron chi connectivity index (χ0n) is 16.1. The van der Waals surface area contributed by atoms with E-state index in [2.05, 4.69) is 15.6 Å². The number of hydrogen-bond acceptors (Lipinski definition) is 3. The summed E-state index contributed by atoms with van der Waals surface area (Å²) in [5, 5.41) is 16.2. The largest absolute Gasteiger partial charge is 0.469 e. The van der Waals surface area contributed by atoms with Crippen LogP contribution in [0.15, 0.2) is 52.1 Å². The molecule has 1 aromatic carbocycles. The highest BCUT2D eigenvalue weighted by atomic mass is 19.4. The zero-order chi connectivity index (χ0) is 20.7. The van der Waals surface area contributed by atoms with Crippen molar-refractivity contribution in [2.45, 2.75) is 57.0 Å². The predicted molar refractivity (Wildman–Crippen MR) is 104 cm³/mol. The Labute approximate surface area is 168 Å². The van der Waals surface area contributed by atoms with E-state index in [1.807, 2.05) is 12.1 Å². The van der Waals surface area contributed by atoms with E-state index in [0.29, 0.717) is 24.5 Å². The van der Waals surface area contributed by atoms with Crippen molar-refractivity contribution >= 4 is 5.96 Å². The maximum Gasteiger partial charge on any atom is 0.416 e. The summed E-state index contributed by atoms with van der Waals surface area (Å²) >= 11 is 0. The number of nitrogens with one attached hydrogen (secondary N) is 2. The lowest BCUT2D eigenvalue weighted by Crippen LogP contribution is -2.45. The van der Waals surface area contributed by atoms with E-state index in [-0.39, 0.29) is 18.7 Å². The summed E-state index contributed by atoms with van der Waals surface area (Å²) in [6.45, 7) is 0.715. The minimum absolute atomic E-state index is 0.134. The number of nitrogens with zero attached hydrogens (tertiary/aromatic N) is 1. The molecule has 0 aliphatic heterocycles. The SMILES string of the molecule is OC1CCC(NC(=NCc2cccc(C(F)(F)F)c2)NCCc2ccco2)CC1. The Morgan fingerprint density at radius 2 is 1.93 bits per heavy atom. The van der Waals surface area contributed by atoms with Crippen molar-refractivity contribution in [3.8, 4) is 0 Å². The highest BCUT2D eigenvalue weighted by Crippen LogP contribution is 2.29. The number of benzene rings is 1. The molecule has 0 saturated heterocycles. The van der Waals surface area contributed by atoms with Crippen LogP contribution in [0.3, 0.4) is 0 Å². The molecule has 158 valence electrons. The Hall–Kier alpha value is -2.48. The average Bonchev–Trinajstić information content (AvgIpc) is 3.21. The van der Waals surface area contributed by atoms with Gasteiger partial charge in [-0.2, -0.15) is 13.2 Å². The van der Waals surface area contributed by atoms with Crippen LogP contribution in [-0.4, -0.2) is 29.8 Å². The molecule has 2 aromatic rings. The second-order valence-corrected chi connectivity index (χ2v) is 7.27. The number of aliphatic hydroxyl groups excluding tert-OH is 1. The lowest BCUT2D eigenvalue weighted by atomic mass is 9.93. The van der Waals surface area contributed by atoms with Gasteiger partial charge in [0.2, 0.25) is 0 Å². The quantitative estimate of drug-likeness (QED) is 0.500. The summed E-state index contributed by atoms with van der Waals surface area (Å²) in [5.41, 5.74) is -0.183. The third kappa shape index (κ3) is 6.81. The monoisotopic (exact) mass is 409 g/mol. The molecule has 1 aliphatic rings. The van der Waals surface area contributed by atoms with Crippen molar-refractivity contribution in [2.75, 3.05) is 6.54 Å². The highest BCUT2D eigenvalue weighted by Gasteiger charge is 2.30. The van der Waals surface area contributed by atoms with Crippen LogP contribution >= 0.6 is 0 Å². The van der Waals surface area contributed by atoms with E-state index in [9.17, 15) is 18.3 Å². The molecule has 1 heterocycles. The summed E-state index contributed by atoms with van der Waals surface area (Å²) in [4.78, 5) is 4.48. The molecule has 1 saturated carbocycles. The number of aliphatic hydroxyl groups is 1. The van der Waals surface area contributed by atoms with E-state index in [1.165, 1.54) is 6.07 Å². The van der Waals surface area contributed by atoms with Gasteiger partial charge in [0.25, 0.3) is 0 Å². The van der Waals surface area contributed by atoms with Gasteiger partial charge in [-0.25, -0.2) is 4.99 Å². The number of aliphatic imine (C=N–C) groups is 1. The van der Waals surface area contributed by atoms with Gasteiger partial charge in [-0.05, 0) is 55.5 Å². The molecule has 0 radical (unpaired) electrons. The van der Waals surface area contributed by atoms with Crippen molar-refractivity contribution in [1.29, 1.82) is 0 Å². The zero-order valence-corrected chi connectivity index (χ0v) is 16.1. The number of alkyl halides is 3. The fourth-order valence-corrected chi connectivity index (χ4v) is 3.34. The van der Waals surface area contributed by atoms with Gasteiger partial charge < -0.3 is 20.2 Å². The van der Waals surface area contributed by atoms with Crippen molar-refractivity contribution < 1.29 is 22.7 Å². The van der Waals surface area contributed by atoms with Crippen molar-refractivity contribution in [3.63, 3.8) is 0 Å². The topological polar surface area (TPSA) is 69.8 Å². The lowest BCUT2D eigenvalue weighted by Gasteiger charge is -2.27. The van der Waals surface area contributed by atoms with Crippen LogP contribution in [0.4, 0.5) is 13.2 Å². The first-order chi connectivity index (χ1) is 13.9. The third-order valence-corrected chi connectivity index (χ3v) is 4.96. The van der Waals surface area contributed by atoms with E-state index in [0.717, 1.165) is 43.6 Å². The molecule has 8 heteroatoms. The molecular formula is C21H26F3N3O2. The fraction of sp³-hybridized carbons (Fsp3) is 0.476. The molecule has 0 spiro atoms. The van der Waals surface area contributed by atoms with Crippen LogP contribution < -0.4 is 10.6 Å². The molecule has 1 fully saturated rings. The first-order valence-corrected chi connectivity index (χ1v) is 9.81. The molecule has 3 N–H and O–H groups in total. The van der Waals surface area contributed by atoms with Gasteiger partial charge >= 0.3 is 6.18 Å². The van der Waals surface area contributed by atoms with Crippen LogP contribution in [0.2, 0.25) is 0 Å².